The summed E-state index contributed by atoms with van der Waals surface area (Å²) in [6.45, 7) is 6.44. The van der Waals surface area contributed by atoms with Crippen molar-refractivity contribution in [1.29, 1.82) is 0 Å². The largest absolute Gasteiger partial charge is 0.462 e. The van der Waals surface area contributed by atoms with E-state index >= 15 is 0 Å². The van der Waals surface area contributed by atoms with Crippen LogP contribution >= 0.6 is 0 Å². The van der Waals surface area contributed by atoms with Gasteiger partial charge in [-0.2, -0.15) is 0 Å². The fourth-order valence-electron chi connectivity index (χ4n) is 7.26. The van der Waals surface area contributed by atoms with Gasteiger partial charge in [0.25, 0.3) is 0 Å². The number of rotatable bonds is 50. The van der Waals surface area contributed by atoms with Gasteiger partial charge < -0.3 is 14.2 Å². The van der Waals surface area contributed by atoms with E-state index in [4.69, 9.17) is 14.2 Å². The van der Waals surface area contributed by atoms with E-state index in [-0.39, 0.29) is 44.0 Å². The van der Waals surface area contributed by atoms with E-state index in [9.17, 15) is 14.4 Å². The molecule has 0 aromatic carbocycles. The Morgan fingerprint density at radius 3 is 0.887 bits per heavy atom. The van der Waals surface area contributed by atoms with Crippen LogP contribution in [0, 0.1) is 0 Å². The molecule has 0 aliphatic rings. The third-order valence-corrected chi connectivity index (χ3v) is 11.6. The summed E-state index contributed by atoms with van der Waals surface area (Å²) in [5.74, 6) is -1.06. The number of carbonyl (C=O) groups excluding carboxylic acids is 3. The summed E-state index contributed by atoms with van der Waals surface area (Å²) in [5, 5.41) is 0. The van der Waals surface area contributed by atoms with Gasteiger partial charge in [0.05, 0.1) is 0 Å². The predicted molar refractivity (Wildman–Crippen MR) is 306 cm³/mol. The standard InChI is InChI=1S/C65H104O6/c1-4-7-10-13-16-19-22-25-28-30-32-34-37-39-42-45-48-51-54-57-63(66)69-60-62(71-65(68)59-56-53-50-47-44-41-36-27-24-21-18-15-12-9-6-3)61-70-64(67)58-55-52-49-46-43-40-38-35-33-31-29-26-23-20-17-14-11-8-5-2/h16-21,25-29,32-36,39-40,42-43,48,51,62H,4-15,22-24,30-31,37-38,41,44-47,49-50,52-61H2,1-3H3/b19-16-,20-17-,21-18-,28-25-,29-26-,34-32-,35-33-,36-27-,42-39-,43-40-,51-48-/t62-/m1/s1. The first kappa shape index (κ1) is 66.6. The van der Waals surface area contributed by atoms with Crippen LogP contribution in [0.15, 0.2) is 134 Å². The fraction of sp³-hybridized carbons (Fsp3) is 0.615. The predicted octanol–water partition coefficient (Wildman–Crippen LogP) is 19.4. The Bertz CT molecular complexity index is 1550. The first-order valence-corrected chi connectivity index (χ1v) is 28.7. The summed E-state index contributed by atoms with van der Waals surface area (Å²) >= 11 is 0. The average molecular weight is 982 g/mol. The van der Waals surface area contributed by atoms with E-state index < -0.39 is 6.10 Å². The second-order valence-electron chi connectivity index (χ2n) is 18.5. The van der Waals surface area contributed by atoms with Crippen LogP contribution in [0.5, 0.6) is 0 Å². The molecule has 0 spiro atoms. The molecule has 0 unspecified atom stereocenters. The third-order valence-electron chi connectivity index (χ3n) is 11.6. The molecule has 0 rings (SSSR count). The van der Waals surface area contributed by atoms with Crippen molar-refractivity contribution < 1.29 is 28.6 Å². The minimum Gasteiger partial charge on any atom is -0.462 e. The van der Waals surface area contributed by atoms with Crippen molar-refractivity contribution in [2.75, 3.05) is 13.2 Å². The number of ether oxygens (including phenoxy) is 3. The fourth-order valence-corrected chi connectivity index (χ4v) is 7.26. The molecule has 6 nitrogen and oxygen atoms in total. The topological polar surface area (TPSA) is 78.9 Å². The van der Waals surface area contributed by atoms with Crippen molar-refractivity contribution in [2.45, 2.75) is 245 Å². The molecule has 0 aromatic rings. The normalized spacial score (nSPS) is 13.1. The Morgan fingerprint density at radius 1 is 0.282 bits per heavy atom. The number of hydrogen-bond donors (Lipinski definition) is 0. The van der Waals surface area contributed by atoms with Gasteiger partial charge in [-0.05, 0) is 135 Å². The van der Waals surface area contributed by atoms with Gasteiger partial charge in [0, 0.05) is 19.3 Å². The maximum atomic E-state index is 12.8. The zero-order valence-corrected chi connectivity index (χ0v) is 45.7. The lowest BCUT2D eigenvalue weighted by molar-refractivity contribution is -0.166. The van der Waals surface area contributed by atoms with Gasteiger partial charge in [0.2, 0.25) is 0 Å². The molecule has 400 valence electrons. The Morgan fingerprint density at radius 2 is 0.535 bits per heavy atom. The molecule has 0 amide bonds. The molecule has 0 bridgehead atoms. The monoisotopic (exact) mass is 981 g/mol. The van der Waals surface area contributed by atoms with Crippen LogP contribution in [-0.2, 0) is 28.6 Å². The molecule has 0 aliphatic carbocycles. The maximum Gasteiger partial charge on any atom is 0.306 e. The molecule has 71 heavy (non-hydrogen) atoms. The minimum atomic E-state index is -0.834. The molecule has 0 heterocycles. The van der Waals surface area contributed by atoms with E-state index in [1.54, 1.807) is 0 Å². The lowest BCUT2D eigenvalue weighted by Gasteiger charge is -2.18. The Labute approximate surface area is 436 Å². The first-order chi connectivity index (χ1) is 35.0. The molecule has 0 radical (unpaired) electrons. The maximum absolute atomic E-state index is 12.8. The van der Waals surface area contributed by atoms with Gasteiger partial charge in [-0.3, -0.25) is 14.4 Å². The van der Waals surface area contributed by atoms with Crippen molar-refractivity contribution >= 4 is 17.9 Å². The number of unbranched alkanes of at least 4 members (excludes halogenated alkanes) is 17. The van der Waals surface area contributed by atoms with Gasteiger partial charge in [-0.25, -0.2) is 0 Å². The Kier molecular flexibility index (Phi) is 54.5. The van der Waals surface area contributed by atoms with Crippen LogP contribution in [0.25, 0.3) is 0 Å². The number of allylic oxidation sites excluding steroid dienone is 22. The summed E-state index contributed by atoms with van der Waals surface area (Å²) in [6, 6.07) is 0. The van der Waals surface area contributed by atoms with Crippen molar-refractivity contribution in [3.05, 3.63) is 134 Å². The zero-order chi connectivity index (χ0) is 51.4. The number of hydrogen-bond acceptors (Lipinski definition) is 6. The lowest BCUT2D eigenvalue weighted by Crippen LogP contribution is -2.30. The smallest absolute Gasteiger partial charge is 0.306 e. The van der Waals surface area contributed by atoms with Crippen LogP contribution in [0.4, 0.5) is 0 Å². The summed E-state index contributed by atoms with van der Waals surface area (Å²) in [5.41, 5.74) is 0. The van der Waals surface area contributed by atoms with E-state index in [0.717, 1.165) is 116 Å². The van der Waals surface area contributed by atoms with E-state index in [2.05, 4.69) is 148 Å². The van der Waals surface area contributed by atoms with Crippen LogP contribution in [-0.4, -0.2) is 37.2 Å². The first-order valence-electron chi connectivity index (χ1n) is 28.7. The Balaban J connectivity index is 4.59. The van der Waals surface area contributed by atoms with Gasteiger partial charge in [0.1, 0.15) is 13.2 Å². The van der Waals surface area contributed by atoms with E-state index in [0.29, 0.717) is 12.8 Å². The molecule has 0 aromatic heterocycles. The second kappa shape index (κ2) is 58.1. The van der Waals surface area contributed by atoms with Gasteiger partial charge in [-0.15, -0.1) is 0 Å². The quantitative estimate of drug-likeness (QED) is 0.0262. The van der Waals surface area contributed by atoms with Crippen LogP contribution in [0.1, 0.15) is 239 Å². The highest BCUT2D eigenvalue weighted by atomic mass is 16.6. The summed E-state index contributed by atoms with van der Waals surface area (Å²) < 4.78 is 16.7. The molecule has 1 atom stereocenters. The van der Waals surface area contributed by atoms with Gasteiger partial charge in [-0.1, -0.05) is 219 Å². The highest BCUT2D eigenvalue weighted by Crippen LogP contribution is 2.12. The molecule has 0 aliphatic heterocycles. The van der Waals surface area contributed by atoms with E-state index in [1.807, 2.05) is 6.08 Å². The Hall–Kier alpha value is -4.45. The SMILES string of the molecule is CCCCC/C=C\C/C=C\C/C=C\C/C=C\C/C=C\CCC(=O)OC[C@H](COC(=O)CCCCC/C=C\C/C=C\C/C=C\C/C=C\CCCCC)OC(=O)CCCCCCC/C=C\C/C=C\CCCCC. The number of carbonyl (C=O) groups is 3. The lowest BCUT2D eigenvalue weighted by atomic mass is 10.1. The summed E-state index contributed by atoms with van der Waals surface area (Å²) in [7, 11) is 0. The second-order valence-corrected chi connectivity index (χ2v) is 18.5. The zero-order valence-electron chi connectivity index (χ0n) is 45.7. The van der Waals surface area contributed by atoms with Crippen molar-refractivity contribution in [2.24, 2.45) is 0 Å². The molecule has 0 N–H and O–H groups in total. The summed E-state index contributed by atoms with van der Waals surface area (Å²) in [4.78, 5) is 38.1. The molecular formula is C65H104O6. The highest BCUT2D eigenvalue weighted by Gasteiger charge is 2.19. The average Bonchev–Trinajstić information content (AvgIpc) is 3.37. The number of esters is 3. The van der Waals surface area contributed by atoms with E-state index in [1.165, 1.54) is 77.0 Å². The van der Waals surface area contributed by atoms with Crippen LogP contribution < -0.4 is 0 Å². The van der Waals surface area contributed by atoms with Gasteiger partial charge >= 0.3 is 17.9 Å². The highest BCUT2D eigenvalue weighted by molar-refractivity contribution is 5.71. The summed E-state index contributed by atoms with van der Waals surface area (Å²) in [6.07, 6.45) is 81.6. The van der Waals surface area contributed by atoms with Crippen molar-refractivity contribution in [3.63, 3.8) is 0 Å². The molecular weight excluding hydrogens is 877 g/mol. The molecule has 6 heteroatoms. The third kappa shape index (κ3) is 56.3. The molecule has 0 saturated carbocycles. The minimum absolute atomic E-state index is 0.128. The van der Waals surface area contributed by atoms with Crippen molar-refractivity contribution in [3.8, 4) is 0 Å². The van der Waals surface area contributed by atoms with Crippen LogP contribution in [0.2, 0.25) is 0 Å². The molecule has 0 saturated heterocycles. The van der Waals surface area contributed by atoms with Crippen molar-refractivity contribution in [1.82, 2.24) is 0 Å². The molecule has 0 fully saturated rings. The van der Waals surface area contributed by atoms with Gasteiger partial charge in [0.15, 0.2) is 6.10 Å². The van der Waals surface area contributed by atoms with Crippen LogP contribution in [0.3, 0.4) is 0 Å².